The Morgan fingerprint density at radius 2 is 1.97 bits per heavy atom. The van der Waals surface area contributed by atoms with Crippen LogP contribution in [0, 0.1) is 12.8 Å². The Kier molecular flexibility index (Phi) is 4.99. The van der Waals surface area contributed by atoms with E-state index in [-0.39, 0.29) is 11.3 Å². The van der Waals surface area contributed by atoms with Crippen LogP contribution in [-0.4, -0.2) is 30.4 Å². The highest BCUT2D eigenvalue weighted by atomic mass is 16.3. The summed E-state index contributed by atoms with van der Waals surface area (Å²) in [5, 5.41) is 3.17. The normalized spacial score (nSPS) is 23.3. The molecule has 2 aromatic rings. The zero-order valence-electron chi connectivity index (χ0n) is 17.5. The fourth-order valence-electron chi connectivity index (χ4n) is 5.49. The molecule has 2 heterocycles. The third-order valence-electron chi connectivity index (χ3n) is 7.31. The number of carbonyl (C=O) groups is 1. The molecule has 1 atom stereocenters. The van der Waals surface area contributed by atoms with Crippen LogP contribution in [0.4, 0.5) is 0 Å². The predicted molar refractivity (Wildman–Crippen MR) is 114 cm³/mol. The summed E-state index contributed by atoms with van der Waals surface area (Å²) in [6.45, 7) is 5.96. The largest absolute Gasteiger partial charge is 0.465 e. The van der Waals surface area contributed by atoms with Gasteiger partial charge in [-0.2, -0.15) is 0 Å². The lowest BCUT2D eigenvalue weighted by atomic mass is 9.73. The molecule has 0 radical (unpaired) electrons. The van der Waals surface area contributed by atoms with Gasteiger partial charge in [-0.15, -0.1) is 0 Å². The lowest BCUT2D eigenvalue weighted by Crippen LogP contribution is -2.41. The molecule has 4 nitrogen and oxygen atoms in total. The van der Waals surface area contributed by atoms with Gasteiger partial charge in [0.25, 0.3) is 0 Å². The molecule has 1 N–H and O–H groups in total. The first-order valence-corrected chi connectivity index (χ1v) is 11.3. The number of carbonyl (C=O) groups excluding carboxylic acids is 1. The number of piperidine rings is 1. The van der Waals surface area contributed by atoms with Gasteiger partial charge in [-0.1, -0.05) is 24.3 Å². The Morgan fingerprint density at radius 3 is 2.69 bits per heavy atom. The van der Waals surface area contributed by atoms with Gasteiger partial charge in [0, 0.05) is 13.0 Å². The highest BCUT2D eigenvalue weighted by molar-refractivity contribution is 5.77. The summed E-state index contributed by atoms with van der Waals surface area (Å²) in [4.78, 5) is 15.1. The van der Waals surface area contributed by atoms with Gasteiger partial charge in [-0.3, -0.25) is 9.69 Å². The van der Waals surface area contributed by atoms with Crippen LogP contribution in [0.25, 0.3) is 0 Å². The van der Waals surface area contributed by atoms with Crippen molar-refractivity contribution in [2.24, 2.45) is 5.92 Å². The molecule has 1 amide bonds. The molecule has 0 bridgehead atoms. The number of rotatable bonds is 6. The molecule has 4 heteroatoms. The van der Waals surface area contributed by atoms with E-state index in [4.69, 9.17) is 4.42 Å². The van der Waals surface area contributed by atoms with E-state index >= 15 is 0 Å². The van der Waals surface area contributed by atoms with E-state index in [9.17, 15) is 4.79 Å². The van der Waals surface area contributed by atoms with E-state index < -0.39 is 0 Å². The minimum Gasteiger partial charge on any atom is -0.465 e. The van der Waals surface area contributed by atoms with Gasteiger partial charge < -0.3 is 9.73 Å². The van der Waals surface area contributed by atoms with Crippen molar-refractivity contribution in [1.29, 1.82) is 0 Å². The van der Waals surface area contributed by atoms with Crippen LogP contribution >= 0.6 is 0 Å². The Balaban J connectivity index is 1.25. The number of aryl methyl sites for hydroxylation is 1. The molecule has 1 aromatic heterocycles. The average Bonchev–Trinajstić information content (AvgIpc) is 3.41. The molecule has 1 saturated carbocycles. The number of hydrogen-bond donors (Lipinski definition) is 1. The number of furan rings is 1. The zero-order valence-corrected chi connectivity index (χ0v) is 17.5. The van der Waals surface area contributed by atoms with Crippen molar-refractivity contribution in [1.82, 2.24) is 10.2 Å². The molecule has 1 spiro atoms. The van der Waals surface area contributed by atoms with Gasteiger partial charge in [0.2, 0.25) is 5.91 Å². The van der Waals surface area contributed by atoms with E-state index in [1.54, 1.807) is 0 Å². The quantitative estimate of drug-likeness (QED) is 0.786. The van der Waals surface area contributed by atoms with Gasteiger partial charge in [0.15, 0.2) is 0 Å². The first-order chi connectivity index (χ1) is 14.1. The maximum Gasteiger partial charge on any atom is 0.220 e. The van der Waals surface area contributed by atoms with E-state index in [1.165, 1.54) is 36.8 Å². The summed E-state index contributed by atoms with van der Waals surface area (Å²) in [6.07, 6.45) is 6.67. The maximum atomic E-state index is 12.5. The number of benzene rings is 1. The second-order valence-corrected chi connectivity index (χ2v) is 9.51. The fourth-order valence-corrected chi connectivity index (χ4v) is 5.49. The number of nitrogens with one attached hydrogen (secondary N) is 1. The fraction of sp³-hybridized carbons (Fsp3) is 0.560. The molecule has 2 fully saturated rings. The van der Waals surface area contributed by atoms with Gasteiger partial charge in [0.1, 0.15) is 11.5 Å². The standard InChI is InChI=1S/C25H32N2O2/c1-18-6-9-21(29-18)17-27-12-10-25(11-13-27)15-20(22-4-2-3-5-23(22)25)14-24(28)26-16-19-7-8-19/h2-6,9,19-20H,7-8,10-17H2,1H3,(H,26,28)/t20-/m1/s1. The van der Waals surface area contributed by atoms with Gasteiger partial charge in [0.05, 0.1) is 6.54 Å². The summed E-state index contributed by atoms with van der Waals surface area (Å²) >= 11 is 0. The number of likely N-dealkylation sites (tertiary alicyclic amines) is 1. The molecular weight excluding hydrogens is 360 g/mol. The Bertz CT molecular complexity index is 874. The van der Waals surface area contributed by atoms with E-state index in [2.05, 4.69) is 40.5 Å². The van der Waals surface area contributed by atoms with Crippen LogP contribution in [0.2, 0.25) is 0 Å². The van der Waals surface area contributed by atoms with Gasteiger partial charge in [-0.25, -0.2) is 0 Å². The first-order valence-electron chi connectivity index (χ1n) is 11.3. The maximum absolute atomic E-state index is 12.5. The minimum atomic E-state index is 0.236. The summed E-state index contributed by atoms with van der Waals surface area (Å²) in [5.41, 5.74) is 3.17. The van der Waals surface area contributed by atoms with E-state index in [1.807, 2.05) is 13.0 Å². The van der Waals surface area contributed by atoms with Crippen LogP contribution in [0.3, 0.4) is 0 Å². The molecule has 1 aliphatic heterocycles. The molecule has 5 rings (SSSR count). The summed E-state index contributed by atoms with van der Waals surface area (Å²) < 4.78 is 5.78. The molecule has 1 saturated heterocycles. The van der Waals surface area contributed by atoms with Crippen molar-refractivity contribution in [3.63, 3.8) is 0 Å². The summed E-state index contributed by atoms with van der Waals surface area (Å²) in [7, 11) is 0. The van der Waals surface area contributed by atoms with Crippen molar-refractivity contribution in [2.75, 3.05) is 19.6 Å². The molecule has 154 valence electrons. The zero-order chi connectivity index (χ0) is 19.8. The Hall–Kier alpha value is -2.07. The SMILES string of the molecule is Cc1ccc(CN2CCC3(CC2)C[C@@H](CC(=O)NCC2CC2)c2ccccc23)o1. The topological polar surface area (TPSA) is 45.5 Å². The third kappa shape index (κ3) is 4.00. The summed E-state index contributed by atoms with van der Waals surface area (Å²) in [6, 6.07) is 13.0. The van der Waals surface area contributed by atoms with Crippen LogP contribution in [0.15, 0.2) is 40.8 Å². The predicted octanol–water partition coefficient (Wildman–Crippen LogP) is 4.53. The number of amides is 1. The van der Waals surface area contributed by atoms with Gasteiger partial charge >= 0.3 is 0 Å². The van der Waals surface area contributed by atoms with Crippen LogP contribution in [0.1, 0.15) is 67.1 Å². The van der Waals surface area contributed by atoms with E-state index in [0.29, 0.717) is 12.3 Å². The van der Waals surface area contributed by atoms with Crippen molar-refractivity contribution in [3.05, 3.63) is 59.0 Å². The lowest BCUT2D eigenvalue weighted by molar-refractivity contribution is -0.121. The second-order valence-electron chi connectivity index (χ2n) is 9.51. The second kappa shape index (κ2) is 7.64. The molecule has 29 heavy (non-hydrogen) atoms. The number of nitrogens with zero attached hydrogens (tertiary/aromatic N) is 1. The highest BCUT2D eigenvalue weighted by Crippen LogP contribution is 2.52. The van der Waals surface area contributed by atoms with Crippen LogP contribution < -0.4 is 5.32 Å². The Morgan fingerprint density at radius 1 is 1.17 bits per heavy atom. The van der Waals surface area contributed by atoms with Crippen molar-refractivity contribution in [2.45, 2.75) is 63.3 Å². The monoisotopic (exact) mass is 392 g/mol. The Labute approximate surface area is 173 Å². The smallest absolute Gasteiger partial charge is 0.220 e. The van der Waals surface area contributed by atoms with E-state index in [0.717, 1.165) is 50.0 Å². The molecule has 2 aliphatic carbocycles. The number of fused-ring (bicyclic) bond motifs is 2. The lowest BCUT2D eigenvalue weighted by Gasteiger charge is -2.40. The highest BCUT2D eigenvalue weighted by Gasteiger charge is 2.45. The van der Waals surface area contributed by atoms with Crippen LogP contribution in [-0.2, 0) is 16.8 Å². The van der Waals surface area contributed by atoms with Crippen molar-refractivity contribution in [3.8, 4) is 0 Å². The van der Waals surface area contributed by atoms with Crippen molar-refractivity contribution >= 4 is 5.91 Å². The van der Waals surface area contributed by atoms with Crippen molar-refractivity contribution < 1.29 is 9.21 Å². The van der Waals surface area contributed by atoms with Gasteiger partial charge in [-0.05, 0) is 92.6 Å². The summed E-state index contributed by atoms with van der Waals surface area (Å²) in [5.74, 6) is 3.39. The molecule has 0 unspecified atom stereocenters. The average molecular weight is 393 g/mol. The third-order valence-corrected chi connectivity index (χ3v) is 7.31. The molecule has 1 aromatic carbocycles. The number of hydrogen-bond acceptors (Lipinski definition) is 3. The molecular formula is C25H32N2O2. The van der Waals surface area contributed by atoms with Crippen LogP contribution in [0.5, 0.6) is 0 Å². The minimum absolute atomic E-state index is 0.236. The first kappa shape index (κ1) is 18.9. The molecule has 3 aliphatic rings.